The van der Waals surface area contributed by atoms with E-state index in [9.17, 15) is 18.7 Å². The van der Waals surface area contributed by atoms with Gasteiger partial charge in [0.2, 0.25) is 5.82 Å². The van der Waals surface area contributed by atoms with E-state index in [1.807, 2.05) is 0 Å². The number of aromatic hydroxyl groups is 1. The summed E-state index contributed by atoms with van der Waals surface area (Å²) in [7, 11) is 0. The normalized spacial score (nSPS) is 12.3. The van der Waals surface area contributed by atoms with Crippen LogP contribution in [0.4, 0.5) is 8.78 Å². The van der Waals surface area contributed by atoms with Gasteiger partial charge in [0.15, 0.2) is 17.7 Å². The predicted octanol–water partition coefficient (Wildman–Crippen LogP) is 2.03. The molecular weight excluding hydrogens is 302 g/mol. The lowest BCUT2D eigenvalue weighted by atomic mass is 10.1. The number of rotatable bonds is 3. The molecule has 1 rings (SSSR count). The molecule has 0 aliphatic carbocycles. The van der Waals surface area contributed by atoms with Gasteiger partial charge in [0.05, 0.1) is 11.1 Å². The molecule has 1 unspecified atom stereocenters. The van der Waals surface area contributed by atoms with E-state index in [0.717, 1.165) is 6.07 Å². The Bertz CT molecular complexity index is 450. The average molecular weight is 311 g/mol. The second-order valence-electron chi connectivity index (χ2n) is 3.08. The number of hydrogen-bond acceptors (Lipinski definition) is 4. The Kier molecular flexibility index (Phi) is 4.41. The van der Waals surface area contributed by atoms with E-state index in [-0.39, 0.29) is 11.1 Å². The van der Waals surface area contributed by atoms with Crippen molar-refractivity contribution >= 4 is 21.9 Å². The van der Waals surface area contributed by atoms with Gasteiger partial charge in [-0.25, -0.2) is 9.18 Å². The Morgan fingerprint density at radius 2 is 2.12 bits per heavy atom. The van der Waals surface area contributed by atoms with Gasteiger partial charge >= 0.3 is 5.97 Å². The molecule has 1 aromatic rings. The van der Waals surface area contributed by atoms with Crippen molar-refractivity contribution < 1.29 is 28.5 Å². The molecule has 0 amide bonds. The highest BCUT2D eigenvalue weighted by Gasteiger charge is 2.27. The van der Waals surface area contributed by atoms with Gasteiger partial charge in [0.25, 0.3) is 0 Å². The maximum Gasteiger partial charge on any atom is 0.339 e. The summed E-state index contributed by atoms with van der Waals surface area (Å²) in [5, 5.41) is 18.5. The summed E-state index contributed by atoms with van der Waals surface area (Å²) in [6.07, 6.45) is -1.94. The molecule has 0 fully saturated rings. The van der Waals surface area contributed by atoms with E-state index in [0.29, 0.717) is 0 Å². The molecule has 0 aromatic heterocycles. The molecule has 7 heteroatoms. The van der Waals surface area contributed by atoms with E-state index in [1.165, 1.54) is 6.92 Å². The number of halogens is 3. The smallest absolute Gasteiger partial charge is 0.339 e. The van der Waals surface area contributed by atoms with E-state index < -0.39 is 35.0 Å². The molecule has 0 bridgehead atoms. The summed E-state index contributed by atoms with van der Waals surface area (Å²) in [5.74, 6) is -5.06. The summed E-state index contributed by atoms with van der Waals surface area (Å²) < 4.78 is 30.8. The van der Waals surface area contributed by atoms with Crippen molar-refractivity contribution in [3.05, 3.63) is 27.7 Å². The van der Waals surface area contributed by atoms with Crippen LogP contribution >= 0.6 is 15.9 Å². The minimum atomic E-state index is -1.94. The molecule has 0 aliphatic heterocycles. The minimum Gasteiger partial charge on any atom is -0.504 e. The fourth-order valence-electron chi connectivity index (χ4n) is 1.15. The van der Waals surface area contributed by atoms with Gasteiger partial charge in [-0.2, -0.15) is 4.39 Å². The van der Waals surface area contributed by atoms with Gasteiger partial charge < -0.3 is 14.9 Å². The molecule has 1 aromatic carbocycles. The van der Waals surface area contributed by atoms with E-state index in [2.05, 4.69) is 20.7 Å². The lowest BCUT2D eigenvalue weighted by Crippen LogP contribution is -2.17. The van der Waals surface area contributed by atoms with Gasteiger partial charge in [0, 0.05) is 5.56 Å². The van der Waals surface area contributed by atoms with Crippen LogP contribution in [0.2, 0.25) is 0 Å². The zero-order valence-corrected chi connectivity index (χ0v) is 10.3. The number of carbonyl (C=O) groups excluding carboxylic acids is 1. The Hall–Kier alpha value is -1.21. The summed E-state index contributed by atoms with van der Waals surface area (Å²) in [6.45, 7) is 1.51. The highest BCUT2D eigenvalue weighted by atomic mass is 79.9. The Morgan fingerprint density at radius 3 is 2.65 bits per heavy atom. The number of benzene rings is 1. The number of aliphatic hydroxyl groups is 1. The van der Waals surface area contributed by atoms with Gasteiger partial charge in [-0.05, 0) is 28.9 Å². The fourth-order valence-corrected chi connectivity index (χ4v) is 1.57. The molecule has 17 heavy (non-hydrogen) atoms. The fraction of sp³-hybridized carbons (Fsp3) is 0.300. The summed E-state index contributed by atoms with van der Waals surface area (Å²) in [6, 6.07) is 0.912. The van der Waals surface area contributed by atoms with Gasteiger partial charge in [0.1, 0.15) is 0 Å². The Morgan fingerprint density at radius 1 is 1.53 bits per heavy atom. The third-order valence-corrected chi connectivity index (χ3v) is 2.57. The number of phenolic OH excluding ortho intramolecular Hbond substituents is 1. The Balaban J connectivity index is 3.19. The molecule has 0 radical (unpaired) electrons. The lowest BCUT2D eigenvalue weighted by molar-refractivity contribution is -0.153. The SMILES string of the molecule is CCOC(=O)C(O)c1cc(Br)c(O)c(F)c1F. The minimum absolute atomic E-state index is 0.000746. The second-order valence-corrected chi connectivity index (χ2v) is 3.93. The second kappa shape index (κ2) is 5.42. The number of hydrogen-bond donors (Lipinski definition) is 2. The predicted molar refractivity (Wildman–Crippen MR) is 57.3 cm³/mol. The Labute approximate surface area is 104 Å². The van der Waals surface area contributed by atoms with Crippen molar-refractivity contribution in [3.8, 4) is 5.75 Å². The first kappa shape index (κ1) is 13.9. The molecule has 0 saturated heterocycles. The number of ether oxygens (including phenoxy) is 1. The first-order valence-electron chi connectivity index (χ1n) is 4.61. The van der Waals surface area contributed by atoms with E-state index >= 15 is 0 Å². The molecule has 0 heterocycles. The molecule has 4 nitrogen and oxygen atoms in total. The van der Waals surface area contributed by atoms with Crippen LogP contribution in [0.3, 0.4) is 0 Å². The van der Waals surface area contributed by atoms with Crippen LogP contribution in [0, 0.1) is 11.6 Å². The summed E-state index contributed by atoms with van der Waals surface area (Å²) in [5.41, 5.74) is -0.606. The molecule has 94 valence electrons. The molecule has 0 aliphatic rings. The van der Waals surface area contributed by atoms with Crippen molar-refractivity contribution in [3.63, 3.8) is 0 Å². The molecule has 2 N–H and O–H groups in total. The quantitative estimate of drug-likeness (QED) is 0.662. The van der Waals surface area contributed by atoms with Crippen LogP contribution in [0.5, 0.6) is 5.75 Å². The largest absolute Gasteiger partial charge is 0.504 e. The van der Waals surface area contributed by atoms with E-state index in [4.69, 9.17) is 5.11 Å². The monoisotopic (exact) mass is 310 g/mol. The van der Waals surface area contributed by atoms with Crippen LogP contribution in [0.15, 0.2) is 10.5 Å². The van der Waals surface area contributed by atoms with E-state index in [1.54, 1.807) is 0 Å². The zero-order valence-electron chi connectivity index (χ0n) is 8.71. The van der Waals surface area contributed by atoms with Crippen molar-refractivity contribution in [2.24, 2.45) is 0 Å². The highest BCUT2D eigenvalue weighted by molar-refractivity contribution is 9.10. The lowest BCUT2D eigenvalue weighted by Gasteiger charge is -2.12. The highest BCUT2D eigenvalue weighted by Crippen LogP contribution is 2.33. The van der Waals surface area contributed by atoms with Crippen LogP contribution in [-0.4, -0.2) is 22.8 Å². The molecule has 0 spiro atoms. The van der Waals surface area contributed by atoms with Crippen molar-refractivity contribution in [1.82, 2.24) is 0 Å². The summed E-state index contributed by atoms with van der Waals surface area (Å²) >= 11 is 2.77. The molecule has 1 atom stereocenters. The maximum atomic E-state index is 13.4. The third kappa shape index (κ3) is 2.73. The van der Waals surface area contributed by atoms with Crippen molar-refractivity contribution in [2.75, 3.05) is 6.61 Å². The number of esters is 1. The van der Waals surface area contributed by atoms with Crippen LogP contribution in [-0.2, 0) is 9.53 Å². The van der Waals surface area contributed by atoms with Crippen LogP contribution in [0.25, 0.3) is 0 Å². The van der Waals surface area contributed by atoms with Gasteiger partial charge in [-0.15, -0.1) is 0 Å². The molecule has 0 saturated carbocycles. The molecular formula is C10H9BrF2O4. The van der Waals surface area contributed by atoms with Crippen molar-refractivity contribution in [2.45, 2.75) is 13.0 Å². The van der Waals surface area contributed by atoms with Gasteiger partial charge in [-0.3, -0.25) is 0 Å². The van der Waals surface area contributed by atoms with Gasteiger partial charge in [-0.1, -0.05) is 0 Å². The zero-order chi connectivity index (χ0) is 13.2. The van der Waals surface area contributed by atoms with Crippen molar-refractivity contribution in [1.29, 1.82) is 0 Å². The standard InChI is InChI=1S/C10H9BrF2O4/c1-2-17-10(16)8(14)4-3-5(11)9(15)7(13)6(4)12/h3,8,14-15H,2H2,1H3. The third-order valence-electron chi connectivity index (χ3n) is 1.97. The maximum absolute atomic E-state index is 13.4. The number of phenols is 1. The topological polar surface area (TPSA) is 66.8 Å². The van der Waals surface area contributed by atoms with Crippen LogP contribution < -0.4 is 0 Å². The average Bonchev–Trinajstić information content (AvgIpc) is 2.30. The first-order valence-corrected chi connectivity index (χ1v) is 5.40. The first-order chi connectivity index (χ1) is 7.90. The van der Waals surface area contributed by atoms with Crippen LogP contribution in [0.1, 0.15) is 18.6 Å². The number of aliphatic hydroxyl groups excluding tert-OH is 1. The summed E-state index contributed by atoms with van der Waals surface area (Å²) in [4.78, 5) is 11.2. The number of carbonyl (C=O) groups is 1.